The Morgan fingerprint density at radius 2 is 1.56 bits per heavy atom. The van der Waals surface area contributed by atoms with Gasteiger partial charge in [-0.05, 0) is 42.3 Å². The Morgan fingerprint density at radius 1 is 0.906 bits per heavy atom. The molecule has 0 aliphatic rings. The molecule has 0 atom stereocenters. The van der Waals surface area contributed by atoms with Crippen molar-refractivity contribution < 1.29 is 18.9 Å². The molecule has 8 heteroatoms. The molecule has 0 unspecified atom stereocenters. The number of nitrogens with one attached hydrogen (secondary N) is 2. The van der Waals surface area contributed by atoms with Gasteiger partial charge in [0, 0.05) is 18.5 Å². The molecule has 2 rings (SSSR count). The van der Waals surface area contributed by atoms with Crippen molar-refractivity contribution in [3.05, 3.63) is 47.5 Å². The molecule has 2 N–H and O–H groups in total. The second-order valence-corrected chi connectivity index (χ2v) is 7.70. The molecule has 0 amide bonds. The number of hydrogen-bond donors (Lipinski definition) is 2. The smallest absolute Gasteiger partial charge is 0.203 e. The quantitative estimate of drug-likeness (QED) is 0.257. The van der Waals surface area contributed by atoms with Gasteiger partial charge in [-0.3, -0.25) is 0 Å². The maximum absolute atomic E-state index is 5.44. The van der Waals surface area contributed by atoms with E-state index in [9.17, 15) is 0 Å². The Kier molecular flexibility index (Phi) is 11.5. The zero-order valence-electron chi connectivity index (χ0n) is 20.1. The number of methoxy groups -OCH3 is 4. The molecule has 0 aromatic heterocycles. The second kappa shape index (κ2) is 13.2. The number of rotatable bonds is 10. The maximum Gasteiger partial charge on any atom is 0.203 e. The molecule has 0 aliphatic heterocycles. The first-order valence-corrected chi connectivity index (χ1v) is 10.3. The first-order valence-electron chi connectivity index (χ1n) is 10.3. The standard InChI is InChI=1S/C24H35N3O4.HI/c1-8-25-23(27-16-24(2,3)18-10-9-11-19(14-18)28-4)26-15-17-12-20(29-5)22(31-7)21(13-17)30-6;/h9-14H,8,15-16H2,1-7H3,(H2,25,26,27);1H. The highest BCUT2D eigenvalue weighted by Gasteiger charge is 2.21. The SMILES string of the molecule is CCNC(=NCc1cc(OC)c(OC)c(OC)c1)NCC(C)(C)c1cccc(OC)c1.I. The topological polar surface area (TPSA) is 73.3 Å². The molecule has 2 aromatic rings. The van der Waals surface area contributed by atoms with Gasteiger partial charge in [-0.15, -0.1) is 24.0 Å². The van der Waals surface area contributed by atoms with Crippen molar-refractivity contribution in [1.82, 2.24) is 10.6 Å². The van der Waals surface area contributed by atoms with Crippen molar-refractivity contribution in [2.24, 2.45) is 4.99 Å². The van der Waals surface area contributed by atoms with Crippen molar-refractivity contribution in [3.8, 4) is 23.0 Å². The lowest BCUT2D eigenvalue weighted by atomic mass is 9.84. The summed E-state index contributed by atoms with van der Waals surface area (Å²) in [6.07, 6.45) is 0. The normalized spacial score (nSPS) is 11.3. The Labute approximate surface area is 208 Å². The van der Waals surface area contributed by atoms with Gasteiger partial charge in [0.25, 0.3) is 0 Å². The summed E-state index contributed by atoms with van der Waals surface area (Å²) >= 11 is 0. The highest BCUT2D eigenvalue weighted by atomic mass is 127. The molecule has 0 radical (unpaired) electrons. The zero-order valence-corrected chi connectivity index (χ0v) is 22.4. The summed E-state index contributed by atoms with van der Waals surface area (Å²) in [5, 5.41) is 6.76. The minimum Gasteiger partial charge on any atom is -0.497 e. The van der Waals surface area contributed by atoms with Gasteiger partial charge in [0.15, 0.2) is 17.5 Å². The third-order valence-electron chi connectivity index (χ3n) is 5.04. The maximum atomic E-state index is 5.44. The average Bonchev–Trinajstić information content (AvgIpc) is 2.80. The second-order valence-electron chi connectivity index (χ2n) is 7.70. The van der Waals surface area contributed by atoms with Gasteiger partial charge in [0.05, 0.1) is 35.0 Å². The lowest BCUT2D eigenvalue weighted by Gasteiger charge is -2.27. The summed E-state index contributed by atoms with van der Waals surface area (Å²) in [5.74, 6) is 3.40. The molecule has 0 saturated carbocycles. The van der Waals surface area contributed by atoms with E-state index < -0.39 is 0 Å². The van der Waals surface area contributed by atoms with Gasteiger partial charge >= 0.3 is 0 Å². The van der Waals surface area contributed by atoms with Crippen LogP contribution in [0.5, 0.6) is 23.0 Å². The van der Waals surface area contributed by atoms with Crippen LogP contribution in [-0.2, 0) is 12.0 Å². The monoisotopic (exact) mass is 557 g/mol. The molecule has 2 aromatic carbocycles. The van der Waals surface area contributed by atoms with Crippen LogP contribution >= 0.6 is 24.0 Å². The van der Waals surface area contributed by atoms with Gasteiger partial charge in [0.1, 0.15) is 5.75 Å². The van der Waals surface area contributed by atoms with E-state index in [2.05, 4.69) is 36.6 Å². The van der Waals surface area contributed by atoms with E-state index in [1.807, 2.05) is 31.2 Å². The van der Waals surface area contributed by atoms with E-state index >= 15 is 0 Å². The fourth-order valence-electron chi connectivity index (χ4n) is 3.19. The van der Waals surface area contributed by atoms with Crippen LogP contribution < -0.4 is 29.6 Å². The number of nitrogens with zero attached hydrogens (tertiary/aromatic N) is 1. The van der Waals surface area contributed by atoms with Crippen LogP contribution in [0.2, 0.25) is 0 Å². The number of aliphatic imine (C=N–C) groups is 1. The minimum atomic E-state index is -0.114. The zero-order chi connectivity index (χ0) is 22.9. The van der Waals surface area contributed by atoms with Crippen molar-refractivity contribution in [2.45, 2.75) is 32.7 Å². The number of guanidine groups is 1. The van der Waals surface area contributed by atoms with E-state index in [1.54, 1.807) is 28.4 Å². The summed E-state index contributed by atoms with van der Waals surface area (Å²) < 4.78 is 21.6. The molecule has 7 nitrogen and oxygen atoms in total. The van der Waals surface area contributed by atoms with E-state index in [0.29, 0.717) is 30.3 Å². The predicted molar refractivity (Wildman–Crippen MR) is 140 cm³/mol. The summed E-state index contributed by atoms with van der Waals surface area (Å²) in [7, 11) is 6.49. The first kappa shape index (κ1) is 27.7. The molecule has 0 spiro atoms. The molecular weight excluding hydrogens is 521 g/mol. The minimum absolute atomic E-state index is 0. The van der Waals surface area contributed by atoms with Gasteiger partial charge in [-0.25, -0.2) is 4.99 Å². The molecule has 0 heterocycles. The largest absolute Gasteiger partial charge is 0.497 e. The number of halogens is 1. The number of ether oxygens (including phenoxy) is 4. The molecule has 178 valence electrons. The van der Waals surface area contributed by atoms with Crippen LogP contribution in [0.1, 0.15) is 31.9 Å². The Hall–Kier alpha value is -2.36. The average molecular weight is 557 g/mol. The van der Waals surface area contributed by atoms with Gasteiger partial charge in [0.2, 0.25) is 5.75 Å². The van der Waals surface area contributed by atoms with Crippen LogP contribution in [0.15, 0.2) is 41.4 Å². The van der Waals surface area contributed by atoms with Crippen molar-refractivity contribution in [2.75, 3.05) is 41.5 Å². The molecule has 0 aliphatic carbocycles. The van der Waals surface area contributed by atoms with Crippen molar-refractivity contribution in [3.63, 3.8) is 0 Å². The van der Waals surface area contributed by atoms with Gasteiger partial charge < -0.3 is 29.6 Å². The Balaban J connectivity index is 0.00000512. The van der Waals surface area contributed by atoms with Crippen molar-refractivity contribution >= 4 is 29.9 Å². The number of benzene rings is 2. The summed E-state index contributed by atoms with van der Waals surface area (Å²) in [6, 6.07) is 12.0. The van der Waals surface area contributed by atoms with E-state index in [4.69, 9.17) is 23.9 Å². The summed E-state index contributed by atoms with van der Waals surface area (Å²) in [6.45, 7) is 8.37. The molecular formula is C24H36IN3O4. The van der Waals surface area contributed by atoms with E-state index in [1.165, 1.54) is 5.56 Å². The van der Waals surface area contributed by atoms with Crippen LogP contribution in [-0.4, -0.2) is 47.5 Å². The van der Waals surface area contributed by atoms with Crippen LogP contribution in [0.25, 0.3) is 0 Å². The van der Waals surface area contributed by atoms with Gasteiger partial charge in [-0.2, -0.15) is 0 Å². The Morgan fingerprint density at radius 3 is 2.09 bits per heavy atom. The van der Waals surface area contributed by atoms with E-state index in [0.717, 1.165) is 23.8 Å². The van der Waals surface area contributed by atoms with Crippen LogP contribution in [0.3, 0.4) is 0 Å². The van der Waals surface area contributed by atoms with Crippen LogP contribution in [0, 0.1) is 0 Å². The lowest BCUT2D eigenvalue weighted by molar-refractivity contribution is 0.324. The van der Waals surface area contributed by atoms with Crippen LogP contribution in [0.4, 0.5) is 0 Å². The highest BCUT2D eigenvalue weighted by molar-refractivity contribution is 14.0. The Bertz CT molecular complexity index is 862. The van der Waals surface area contributed by atoms with Gasteiger partial charge in [-0.1, -0.05) is 26.0 Å². The fourth-order valence-corrected chi connectivity index (χ4v) is 3.19. The first-order chi connectivity index (χ1) is 14.9. The lowest BCUT2D eigenvalue weighted by Crippen LogP contribution is -2.43. The third-order valence-corrected chi connectivity index (χ3v) is 5.04. The molecule has 32 heavy (non-hydrogen) atoms. The third kappa shape index (κ3) is 7.36. The molecule has 0 bridgehead atoms. The molecule has 0 fully saturated rings. The molecule has 0 saturated heterocycles. The fraction of sp³-hybridized carbons (Fsp3) is 0.458. The summed E-state index contributed by atoms with van der Waals surface area (Å²) in [5.41, 5.74) is 2.04. The van der Waals surface area contributed by atoms with Crippen molar-refractivity contribution in [1.29, 1.82) is 0 Å². The predicted octanol–water partition coefficient (Wildman–Crippen LogP) is 4.37. The summed E-state index contributed by atoms with van der Waals surface area (Å²) in [4.78, 5) is 4.74. The highest BCUT2D eigenvalue weighted by Crippen LogP contribution is 2.38. The van der Waals surface area contributed by atoms with E-state index in [-0.39, 0.29) is 29.4 Å². The number of hydrogen-bond acceptors (Lipinski definition) is 5.